The molecule has 0 fully saturated rings. The third-order valence-electron chi connectivity index (χ3n) is 4.80. The second-order valence-electron chi connectivity index (χ2n) is 6.62. The predicted molar refractivity (Wildman–Crippen MR) is 114 cm³/mol. The van der Waals surface area contributed by atoms with Crippen LogP contribution in [0.1, 0.15) is 58.2 Å². The van der Waals surface area contributed by atoms with Crippen molar-refractivity contribution in [1.29, 1.82) is 0 Å². The number of thiophene rings is 1. The van der Waals surface area contributed by atoms with Crippen LogP contribution >= 0.6 is 27.3 Å². The molecule has 0 aliphatic heterocycles. The van der Waals surface area contributed by atoms with Crippen LogP contribution in [0.3, 0.4) is 0 Å². The number of carbonyl (C=O) groups excluding carboxylic acids is 1. The van der Waals surface area contributed by atoms with Gasteiger partial charge in [-0.25, -0.2) is 4.98 Å². The standard InChI is InChI=1S/C21H23BrN2OS/c1-4-5-6-7-16-12(2)17-18(23)20(26-21(17)24-13(16)3)19(25)14-8-10-15(22)11-9-14/h8-11H,4-7,23H2,1-3H3. The highest BCUT2D eigenvalue weighted by molar-refractivity contribution is 9.10. The van der Waals surface area contributed by atoms with Crippen LogP contribution in [0.5, 0.6) is 0 Å². The molecule has 0 amide bonds. The van der Waals surface area contributed by atoms with Crippen LogP contribution in [0.2, 0.25) is 0 Å². The number of pyridine rings is 1. The number of ketones is 1. The molecule has 0 saturated carbocycles. The van der Waals surface area contributed by atoms with Gasteiger partial charge >= 0.3 is 0 Å². The molecule has 3 rings (SSSR count). The first-order valence-electron chi connectivity index (χ1n) is 8.92. The highest BCUT2D eigenvalue weighted by atomic mass is 79.9. The van der Waals surface area contributed by atoms with Crippen LogP contribution in [0, 0.1) is 13.8 Å². The lowest BCUT2D eigenvalue weighted by molar-refractivity contribution is 0.104. The van der Waals surface area contributed by atoms with E-state index in [2.05, 4.69) is 36.7 Å². The lowest BCUT2D eigenvalue weighted by Gasteiger charge is -2.10. The number of halogens is 1. The van der Waals surface area contributed by atoms with Crippen molar-refractivity contribution in [3.05, 3.63) is 56.0 Å². The molecule has 2 N–H and O–H groups in total. The zero-order chi connectivity index (χ0) is 18.8. The third-order valence-corrected chi connectivity index (χ3v) is 6.43. The van der Waals surface area contributed by atoms with Crippen molar-refractivity contribution in [3.8, 4) is 0 Å². The van der Waals surface area contributed by atoms with E-state index in [-0.39, 0.29) is 5.78 Å². The van der Waals surface area contributed by atoms with Gasteiger partial charge in [0.05, 0.1) is 5.69 Å². The molecule has 0 spiro atoms. The van der Waals surface area contributed by atoms with Gasteiger partial charge in [0, 0.05) is 21.1 Å². The van der Waals surface area contributed by atoms with Gasteiger partial charge in [-0.2, -0.15) is 0 Å². The fourth-order valence-corrected chi connectivity index (χ4v) is 4.76. The highest BCUT2D eigenvalue weighted by Gasteiger charge is 2.22. The summed E-state index contributed by atoms with van der Waals surface area (Å²) in [5.74, 6) is -0.0393. The van der Waals surface area contributed by atoms with Gasteiger partial charge in [-0.05, 0) is 62.1 Å². The van der Waals surface area contributed by atoms with E-state index in [4.69, 9.17) is 10.7 Å². The van der Waals surface area contributed by atoms with Crippen molar-refractivity contribution in [2.45, 2.75) is 46.5 Å². The zero-order valence-corrected chi connectivity index (χ0v) is 17.8. The van der Waals surface area contributed by atoms with Crippen molar-refractivity contribution in [1.82, 2.24) is 4.98 Å². The summed E-state index contributed by atoms with van der Waals surface area (Å²) in [7, 11) is 0. The van der Waals surface area contributed by atoms with E-state index >= 15 is 0 Å². The van der Waals surface area contributed by atoms with Crippen LogP contribution < -0.4 is 5.73 Å². The molecule has 0 saturated heterocycles. The lowest BCUT2D eigenvalue weighted by atomic mass is 9.98. The monoisotopic (exact) mass is 430 g/mol. The van der Waals surface area contributed by atoms with Crippen molar-refractivity contribution in [2.24, 2.45) is 0 Å². The number of nitrogens with two attached hydrogens (primary N) is 1. The van der Waals surface area contributed by atoms with Gasteiger partial charge in [-0.3, -0.25) is 4.79 Å². The summed E-state index contributed by atoms with van der Waals surface area (Å²) in [4.78, 5) is 19.1. The average molecular weight is 431 g/mol. The Hall–Kier alpha value is -1.72. The van der Waals surface area contributed by atoms with Crippen molar-refractivity contribution in [3.63, 3.8) is 0 Å². The van der Waals surface area contributed by atoms with E-state index in [1.54, 1.807) is 0 Å². The molecule has 26 heavy (non-hydrogen) atoms. The first-order chi connectivity index (χ1) is 12.4. The van der Waals surface area contributed by atoms with Crippen LogP contribution in [0.25, 0.3) is 10.2 Å². The minimum Gasteiger partial charge on any atom is -0.397 e. The Bertz CT molecular complexity index is 961. The van der Waals surface area contributed by atoms with Crippen molar-refractivity contribution in [2.75, 3.05) is 5.73 Å². The van der Waals surface area contributed by atoms with E-state index < -0.39 is 0 Å². The van der Waals surface area contributed by atoms with E-state index in [1.807, 2.05) is 24.3 Å². The summed E-state index contributed by atoms with van der Waals surface area (Å²) in [6.07, 6.45) is 4.57. The van der Waals surface area contributed by atoms with Crippen molar-refractivity contribution < 1.29 is 4.79 Å². The van der Waals surface area contributed by atoms with Gasteiger partial charge in [0.25, 0.3) is 0 Å². The van der Waals surface area contributed by atoms with Gasteiger partial charge in [0.2, 0.25) is 5.78 Å². The Morgan fingerprint density at radius 1 is 1.19 bits per heavy atom. The fourth-order valence-electron chi connectivity index (χ4n) is 3.34. The molecule has 2 heterocycles. The number of nitrogens with zero attached hydrogens (tertiary/aromatic N) is 1. The topological polar surface area (TPSA) is 56.0 Å². The molecule has 3 aromatic rings. The molecule has 1 aromatic carbocycles. The highest BCUT2D eigenvalue weighted by Crippen LogP contribution is 2.38. The van der Waals surface area contributed by atoms with E-state index in [0.29, 0.717) is 16.1 Å². The third kappa shape index (κ3) is 3.55. The number of fused-ring (bicyclic) bond motifs is 1. The molecule has 2 aromatic heterocycles. The molecule has 0 atom stereocenters. The van der Waals surface area contributed by atoms with E-state index in [9.17, 15) is 4.79 Å². The number of nitrogen functional groups attached to an aromatic ring is 1. The summed E-state index contributed by atoms with van der Waals surface area (Å²) in [6.45, 7) is 6.37. The van der Waals surface area contributed by atoms with Crippen molar-refractivity contribution >= 4 is 49.0 Å². The van der Waals surface area contributed by atoms with Gasteiger partial charge in [0.15, 0.2) is 0 Å². The summed E-state index contributed by atoms with van der Waals surface area (Å²) in [5, 5.41) is 0.951. The second-order valence-corrected chi connectivity index (χ2v) is 8.53. The minimum absolute atomic E-state index is 0.0393. The molecule has 0 bridgehead atoms. The SMILES string of the molecule is CCCCCc1c(C)nc2sc(C(=O)c3ccc(Br)cc3)c(N)c2c1C. The number of aryl methyl sites for hydroxylation is 2. The number of carbonyl (C=O) groups is 1. The molecular weight excluding hydrogens is 408 g/mol. The van der Waals surface area contributed by atoms with Gasteiger partial charge < -0.3 is 5.73 Å². The lowest BCUT2D eigenvalue weighted by Crippen LogP contribution is -2.02. The number of aromatic nitrogens is 1. The smallest absolute Gasteiger partial charge is 0.205 e. The van der Waals surface area contributed by atoms with E-state index in [1.165, 1.54) is 35.3 Å². The number of hydrogen-bond donors (Lipinski definition) is 1. The Morgan fingerprint density at radius 3 is 2.54 bits per heavy atom. The van der Waals surface area contributed by atoms with E-state index in [0.717, 1.165) is 33.2 Å². The Kier molecular flexibility index (Phi) is 5.78. The maximum Gasteiger partial charge on any atom is 0.205 e. The largest absolute Gasteiger partial charge is 0.397 e. The number of rotatable bonds is 6. The molecule has 0 aliphatic carbocycles. The number of unbranched alkanes of at least 4 members (excludes halogenated alkanes) is 2. The first kappa shape index (κ1) is 19.1. The molecule has 0 unspecified atom stereocenters. The zero-order valence-electron chi connectivity index (χ0n) is 15.4. The fraction of sp³-hybridized carbons (Fsp3) is 0.333. The normalized spacial score (nSPS) is 11.2. The van der Waals surface area contributed by atoms with Gasteiger partial charge in [0.1, 0.15) is 9.71 Å². The summed E-state index contributed by atoms with van der Waals surface area (Å²) >= 11 is 4.80. The maximum atomic E-state index is 12.9. The minimum atomic E-state index is -0.0393. The van der Waals surface area contributed by atoms with Crippen LogP contribution in [-0.4, -0.2) is 10.8 Å². The van der Waals surface area contributed by atoms with Crippen LogP contribution in [0.15, 0.2) is 28.7 Å². The quantitative estimate of drug-likeness (QED) is 0.372. The molecule has 5 heteroatoms. The van der Waals surface area contributed by atoms with Crippen LogP contribution in [-0.2, 0) is 6.42 Å². The maximum absolute atomic E-state index is 12.9. The summed E-state index contributed by atoms with van der Waals surface area (Å²) in [5.41, 5.74) is 11.1. The number of anilines is 1. The molecule has 0 aliphatic rings. The Morgan fingerprint density at radius 2 is 1.88 bits per heavy atom. The second kappa shape index (κ2) is 7.89. The number of benzene rings is 1. The predicted octanol–water partition coefficient (Wildman–Crippen LogP) is 6.22. The average Bonchev–Trinajstić information content (AvgIpc) is 2.94. The summed E-state index contributed by atoms with van der Waals surface area (Å²) in [6, 6.07) is 7.38. The molecule has 136 valence electrons. The molecule has 0 radical (unpaired) electrons. The van der Waals surface area contributed by atoms with Gasteiger partial charge in [-0.15, -0.1) is 11.3 Å². The Labute approximate surface area is 166 Å². The first-order valence-corrected chi connectivity index (χ1v) is 10.5. The van der Waals surface area contributed by atoms with Crippen LogP contribution in [0.4, 0.5) is 5.69 Å². The molecule has 3 nitrogen and oxygen atoms in total. The van der Waals surface area contributed by atoms with Gasteiger partial charge in [-0.1, -0.05) is 35.7 Å². The Balaban J connectivity index is 2.06. The molecular formula is C21H23BrN2OS. The summed E-state index contributed by atoms with van der Waals surface area (Å²) < 4.78 is 0.947. The number of hydrogen-bond acceptors (Lipinski definition) is 4.